The van der Waals surface area contributed by atoms with Crippen LogP contribution in [-0.4, -0.2) is 34.0 Å². The lowest BCUT2D eigenvalue weighted by molar-refractivity contribution is 0.194. The number of aromatic nitrogens is 2. The van der Waals surface area contributed by atoms with E-state index in [2.05, 4.69) is 20.8 Å². The molecule has 2 amide bonds. The first-order valence-electron chi connectivity index (χ1n) is 5.38. The molecule has 0 radical (unpaired) electrons. The number of urea groups is 1. The second kappa shape index (κ2) is 5.92. The van der Waals surface area contributed by atoms with E-state index >= 15 is 0 Å². The van der Waals surface area contributed by atoms with Gasteiger partial charge in [-0.3, -0.25) is 5.32 Å². The maximum atomic E-state index is 11.7. The Morgan fingerprint density at radius 3 is 2.76 bits per heavy atom. The van der Waals surface area contributed by atoms with Crippen molar-refractivity contribution in [2.45, 2.75) is 33.2 Å². The zero-order valence-corrected chi connectivity index (χ0v) is 11.0. The summed E-state index contributed by atoms with van der Waals surface area (Å²) in [6.45, 7) is 6.08. The van der Waals surface area contributed by atoms with E-state index in [9.17, 15) is 4.79 Å². The van der Waals surface area contributed by atoms with E-state index in [4.69, 9.17) is 5.11 Å². The summed E-state index contributed by atoms with van der Waals surface area (Å²) in [6, 6.07) is -0.421. The molecule has 0 bridgehead atoms. The third-order valence-corrected chi connectivity index (χ3v) is 2.96. The number of rotatable bonds is 4. The fourth-order valence-electron chi connectivity index (χ4n) is 1.37. The molecule has 1 heterocycles. The predicted molar refractivity (Wildman–Crippen MR) is 67.0 cm³/mol. The van der Waals surface area contributed by atoms with Crippen LogP contribution in [0.15, 0.2) is 5.51 Å². The Kier molecular flexibility index (Phi) is 4.83. The second-order valence-electron chi connectivity index (χ2n) is 4.77. The highest BCUT2D eigenvalue weighted by molar-refractivity contribution is 7.13. The minimum absolute atomic E-state index is 0.0427. The average molecular weight is 258 g/mol. The number of nitrogens with one attached hydrogen (secondary N) is 2. The molecular weight excluding hydrogens is 240 g/mol. The van der Waals surface area contributed by atoms with Gasteiger partial charge in [-0.05, 0) is 11.8 Å². The molecule has 0 aromatic carbocycles. The Morgan fingerprint density at radius 1 is 1.59 bits per heavy atom. The third-order valence-electron chi connectivity index (χ3n) is 2.35. The fraction of sp³-hybridized carbons (Fsp3) is 0.700. The van der Waals surface area contributed by atoms with Crippen molar-refractivity contribution < 1.29 is 9.90 Å². The molecule has 0 aliphatic rings. The van der Waals surface area contributed by atoms with Crippen LogP contribution in [0.4, 0.5) is 9.93 Å². The van der Waals surface area contributed by atoms with E-state index in [1.54, 1.807) is 5.51 Å². The highest BCUT2D eigenvalue weighted by Crippen LogP contribution is 2.21. The van der Waals surface area contributed by atoms with Crippen LogP contribution in [0.1, 0.15) is 27.2 Å². The van der Waals surface area contributed by atoms with Gasteiger partial charge in [-0.1, -0.05) is 32.1 Å². The van der Waals surface area contributed by atoms with Gasteiger partial charge in [0.2, 0.25) is 5.13 Å². The molecule has 6 nitrogen and oxygen atoms in total. The van der Waals surface area contributed by atoms with Gasteiger partial charge in [0.25, 0.3) is 0 Å². The highest BCUT2D eigenvalue weighted by Gasteiger charge is 2.25. The number of nitrogens with zero attached hydrogens (tertiary/aromatic N) is 2. The van der Waals surface area contributed by atoms with Gasteiger partial charge in [-0.15, -0.1) is 10.2 Å². The zero-order valence-electron chi connectivity index (χ0n) is 10.2. The largest absolute Gasteiger partial charge is 0.396 e. The lowest BCUT2D eigenvalue weighted by Gasteiger charge is -2.30. The number of hydrogen-bond donors (Lipinski definition) is 3. The normalized spacial score (nSPS) is 13.2. The van der Waals surface area contributed by atoms with E-state index in [-0.39, 0.29) is 24.1 Å². The standard InChI is InChI=1S/C10H18N4O2S/c1-10(2,3)7(4-5-15)12-8(16)13-9-14-11-6-17-9/h6-7,15H,4-5H2,1-3H3,(H2,12,13,14,16)/t7-/m0/s1. The van der Waals surface area contributed by atoms with Crippen LogP contribution in [0.2, 0.25) is 0 Å². The van der Waals surface area contributed by atoms with Crippen LogP contribution in [0.25, 0.3) is 0 Å². The monoisotopic (exact) mass is 258 g/mol. The first kappa shape index (κ1) is 13.9. The molecule has 3 N–H and O–H groups in total. The Morgan fingerprint density at radius 2 is 2.29 bits per heavy atom. The highest BCUT2D eigenvalue weighted by atomic mass is 32.1. The first-order chi connectivity index (χ1) is 7.93. The summed E-state index contributed by atoms with van der Waals surface area (Å²) in [6.07, 6.45) is 0.521. The molecule has 1 aromatic heterocycles. The van der Waals surface area contributed by atoms with Crippen LogP contribution in [0.3, 0.4) is 0 Å². The van der Waals surface area contributed by atoms with Gasteiger partial charge in [-0.25, -0.2) is 4.79 Å². The molecule has 1 atom stereocenters. The number of hydrogen-bond acceptors (Lipinski definition) is 5. The van der Waals surface area contributed by atoms with Crippen LogP contribution < -0.4 is 10.6 Å². The number of aliphatic hydroxyl groups excluding tert-OH is 1. The molecule has 0 saturated heterocycles. The topological polar surface area (TPSA) is 87.1 Å². The van der Waals surface area contributed by atoms with Crippen LogP contribution in [0, 0.1) is 5.41 Å². The van der Waals surface area contributed by atoms with Gasteiger partial charge in [0.15, 0.2) is 0 Å². The van der Waals surface area contributed by atoms with Crippen molar-refractivity contribution in [1.29, 1.82) is 0 Å². The van der Waals surface area contributed by atoms with Crippen molar-refractivity contribution in [3.63, 3.8) is 0 Å². The van der Waals surface area contributed by atoms with Crippen molar-refractivity contribution in [3.05, 3.63) is 5.51 Å². The van der Waals surface area contributed by atoms with Crippen molar-refractivity contribution in [3.8, 4) is 0 Å². The maximum Gasteiger partial charge on any atom is 0.321 e. The smallest absolute Gasteiger partial charge is 0.321 e. The molecule has 0 spiro atoms. The summed E-state index contributed by atoms with van der Waals surface area (Å²) in [4.78, 5) is 11.7. The van der Waals surface area contributed by atoms with Gasteiger partial charge in [0.05, 0.1) is 0 Å². The first-order valence-corrected chi connectivity index (χ1v) is 6.26. The second-order valence-corrected chi connectivity index (χ2v) is 5.61. The summed E-state index contributed by atoms with van der Waals surface area (Å²) in [7, 11) is 0. The Labute approximate surface area is 104 Å². The van der Waals surface area contributed by atoms with E-state index in [0.717, 1.165) is 0 Å². The van der Waals surface area contributed by atoms with E-state index in [1.807, 2.05) is 20.8 Å². The molecule has 0 aliphatic heterocycles. The van der Waals surface area contributed by atoms with Gasteiger partial charge >= 0.3 is 6.03 Å². The van der Waals surface area contributed by atoms with E-state index in [1.165, 1.54) is 11.3 Å². The van der Waals surface area contributed by atoms with Gasteiger partial charge < -0.3 is 10.4 Å². The SMILES string of the molecule is CC(C)(C)[C@H](CCO)NC(=O)Nc1nncs1. The maximum absolute atomic E-state index is 11.7. The van der Waals surface area contributed by atoms with Crippen LogP contribution in [-0.2, 0) is 0 Å². The predicted octanol–water partition coefficient (Wildman–Crippen LogP) is 1.46. The molecular formula is C10H18N4O2S. The summed E-state index contributed by atoms with van der Waals surface area (Å²) >= 11 is 1.26. The van der Waals surface area contributed by atoms with Crippen molar-refractivity contribution in [2.24, 2.45) is 5.41 Å². The molecule has 7 heteroatoms. The summed E-state index contributed by atoms with van der Waals surface area (Å²) in [5.74, 6) is 0. The van der Waals surface area contributed by atoms with Crippen LogP contribution in [0.5, 0.6) is 0 Å². The molecule has 0 unspecified atom stereocenters. The van der Waals surface area contributed by atoms with Gasteiger partial charge in [0.1, 0.15) is 5.51 Å². The Balaban J connectivity index is 2.52. The minimum atomic E-state index is -0.324. The number of carbonyl (C=O) groups is 1. The van der Waals surface area contributed by atoms with Crippen molar-refractivity contribution >= 4 is 22.5 Å². The summed E-state index contributed by atoms with van der Waals surface area (Å²) in [5, 5.41) is 22.2. The number of aliphatic hydroxyl groups is 1. The Bertz CT molecular complexity index is 348. The molecule has 0 aliphatic carbocycles. The molecule has 96 valence electrons. The lowest BCUT2D eigenvalue weighted by atomic mass is 9.85. The lowest BCUT2D eigenvalue weighted by Crippen LogP contribution is -2.46. The average Bonchev–Trinajstić information content (AvgIpc) is 2.68. The number of carbonyl (C=O) groups excluding carboxylic acids is 1. The Hall–Kier alpha value is -1.21. The fourth-order valence-corrected chi connectivity index (χ4v) is 1.81. The summed E-state index contributed by atoms with van der Waals surface area (Å²) in [5.41, 5.74) is 1.44. The quantitative estimate of drug-likeness (QED) is 0.763. The molecule has 0 saturated carbocycles. The summed E-state index contributed by atoms with van der Waals surface area (Å²) < 4.78 is 0. The third kappa shape index (κ3) is 4.66. The van der Waals surface area contributed by atoms with Crippen molar-refractivity contribution in [1.82, 2.24) is 15.5 Å². The zero-order chi connectivity index (χ0) is 12.9. The minimum Gasteiger partial charge on any atom is -0.396 e. The molecule has 17 heavy (non-hydrogen) atoms. The van der Waals surface area contributed by atoms with Crippen molar-refractivity contribution in [2.75, 3.05) is 11.9 Å². The molecule has 0 fully saturated rings. The van der Waals surface area contributed by atoms with E-state index < -0.39 is 0 Å². The molecule has 1 aromatic rings. The van der Waals surface area contributed by atoms with Gasteiger partial charge in [0, 0.05) is 12.6 Å². The number of anilines is 1. The van der Waals surface area contributed by atoms with Crippen LogP contribution >= 0.6 is 11.3 Å². The van der Waals surface area contributed by atoms with E-state index in [0.29, 0.717) is 11.6 Å². The van der Waals surface area contributed by atoms with Gasteiger partial charge in [-0.2, -0.15) is 0 Å². The number of amides is 2. The molecule has 1 rings (SSSR count).